The minimum Gasteiger partial charge on any atom is -0.369 e. The number of nitrogens with zero attached hydrogens (tertiary/aromatic N) is 1. The van der Waals surface area contributed by atoms with E-state index >= 15 is 0 Å². The van der Waals surface area contributed by atoms with Crippen molar-refractivity contribution in [3.05, 3.63) is 11.1 Å². The molecule has 5 nitrogen and oxygen atoms in total. The number of thiazole rings is 1. The third-order valence-electron chi connectivity index (χ3n) is 3.06. The number of nitrogens with two attached hydrogens (primary N) is 1. The van der Waals surface area contributed by atoms with E-state index in [1.165, 1.54) is 29.9 Å². The number of carbonyl (C=O) groups is 2. The predicted molar refractivity (Wildman–Crippen MR) is 90.6 cm³/mol. The second-order valence-corrected chi connectivity index (χ2v) is 8.56. The largest absolute Gasteiger partial charge is 0.369 e. The fourth-order valence-electron chi connectivity index (χ4n) is 2.03. The molecule has 8 heteroatoms. The van der Waals surface area contributed by atoms with Crippen molar-refractivity contribution >= 4 is 49.9 Å². The molecule has 2 amide bonds. The van der Waals surface area contributed by atoms with Crippen molar-refractivity contribution in [3.63, 3.8) is 0 Å². The first-order chi connectivity index (χ1) is 10.1. The lowest BCUT2D eigenvalue weighted by Gasteiger charge is -2.06. The van der Waals surface area contributed by atoms with E-state index in [0.717, 1.165) is 18.1 Å². The highest BCUT2D eigenvalue weighted by Gasteiger charge is 2.16. The molecule has 116 valence electrons. The lowest BCUT2D eigenvalue weighted by atomic mass is 10.1. The van der Waals surface area contributed by atoms with Gasteiger partial charge in [0.05, 0.1) is 12.1 Å². The van der Waals surface area contributed by atoms with E-state index in [4.69, 9.17) is 5.73 Å². The van der Waals surface area contributed by atoms with Crippen LogP contribution in [-0.2, 0) is 16.0 Å². The molecular weight excluding hydrogens is 326 g/mol. The number of aromatic nitrogens is 1. The first-order valence-corrected chi connectivity index (χ1v) is 10.2. The van der Waals surface area contributed by atoms with Gasteiger partial charge in [0.2, 0.25) is 11.8 Å². The summed E-state index contributed by atoms with van der Waals surface area (Å²) in [5.74, 6) is 0.831. The molecule has 0 radical (unpaired) electrons. The van der Waals surface area contributed by atoms with Gasteiger partial charge >= 0.3 is 0 Å². The van der Waals surface area contributed by atoms with Gasteiger partial charge in [-0.05, 0) is 19.3 Å². The van der Waals surface area contributed by atoms with Crippen LogP contribution in [0.3, 0.4) is 0 Å². The molecule has 0 aliphatic carbocycles. The van der Waals surface area contributed by atoms with Gasteiger partial charge < -0.3 is 11.1 Å². The smallest absolute Gasteiger partial charge is 0.226 e. The fourth-order valence-corrected chi connectivity index (χ4v) is 5.78. The van der Waals surface area contributed by atoms with Crippen LogP contribution in [0.1, 0.15) is 37.8 Å². The van der Waals surface area contributed by atoms with Crippen LogP contribution in [0.15, 0.2) is 5.38 Å². The molecule has 1 aromatic rings. The average Bonchev–Trinajstić information content (AvgIpc) is 3.06. The number of hydrogen-bond donors (Lipinski definition) is 2. The highest BCUT2D eigenvalue weighted by Crippen LogP contribution is 2.39. The molecule has 21 heavy (non-hydrogen) atoms. The van der Waals surface area contributed by atoms with Crippen molar-refractivity contribution in [2.75, 3.05) is 11.1 Å². The van der Waals surface area contributed by atoms with E-state index in [-0.39, 0.29) is 12.3 Å². The lowest BCUT2D eigenvalue weighted by molar-refractivity contribution is -0.117. The lowest BCUT2D eigenvalue weighted by Crippen LogP contribution is -2.14. The summed E-state index contributed by atoms with van der Waals surface area (Å²) in [5, 5.41) is 5.83. The first kappa shape index (κ1) is 16.6. The molecule has 1 aliphatic rings. The normalized spacial score (nSPS) is 17.8. The molecule has 1 aliphatic heterocycles. The first-order valence-electron chi connectivity index (χ1n) is 6.94. The zero-order valence-electron chi connectivity index (χ0n) is 11.7. The third-order valence-corrected chi connectivity index (χ3v) is 6.87. The second kappa shape index (κ2) is 8.65. The Morgan fingerprint density at radius 3 is 3.00 bits per heavy atom. The van der Waals surface area contributed by atoms with E-state index in [9.17, 15) is 9.59 Å². The Bertz CT molecular complexity index is 487. The fraction of sp³-hybridized carbons (Fsp3) is 0.615. The quantitative estimate of drug-likeness (QED) is 0.559. The van der Waals surface area contributed by atoms with Crippen LogP contribution in [0.2, 0.25) is 0 Å². The van der Waals surface area contributed by atoms with Gasteiger partial charge in [-0.15, -0.1) is 11.3 Å². The summed E-state index contributed by atoms with van der Waals surface area (Å²) in [7, 11) is 3.93. The molecule has 1 atom stereocenters. The highest BCUT2D eigenvalue weighted by molar-refractivity contribution is 8.77. The Labute approximate surface area is 136 Å². The van der Waals surface area contributed by atoms with Gasteiger partial charge in [0, 0.05) is 22.8 Å². The Balaban J connectivity index is 1.62. The predicted octanol–water partition coefficient (Wildman–Crippen LogP) is 2.82. The number of rotatable bonds is 8. The molecule has 1 unspecified atom stereocenters. The van der Waals surface area contributed by atoms with Crippen LogP contribution in [0.25, 0.3) is 0 Å². The Kier molecular flexibility index (Phi) is 6.85. The molecular formula is C13H19N3O2S3. The van der Waals surface area contributed by atoms with Gasteiger partial charge in [0.1, 0.15) is 0 Å². The van der Waals surface area contributed by atoms with E-state index in [0.29, 0.717) is 17.2 Å². The van der Waals surface area contributed by atoms with Crippen LogP contribution < -0.4 is 11.1 Å². The summed E-state index contributed by atoms with van der Waals surface area (Å²) in [4.78, 5) is 26.7. The van der Waals surface area contributed by atoms with Gasteiger partial charge in [-0.1, -0.05) is 28.0 Å². The number of carbonyl (C=O) groups excluding carboxylic acids is 2. The van der Waals surface area contributed by atoms with E-state index in [1.807, 2.05) is 21.6 Å². The van der Waals surface area contributed by atoms with Crippen molar-refractivity contribution in [1.29, 1.82) is 0 Å². The molecule has 2 rings (SSSR count). The molecule has 2 heterocycles. The monoisotopic (exact) mass is 345 g/mol. The van der Waals surface area contributed by atoms with Crippen molar-refractivity contribution in [1.82, 2.24) is 4.98 Å². The van der Waals surface area contributed by atoms with Crippen LogP contribution in [0.5, 0.6) is 0 Å². The number of hydrogen-bond acceptors (Lipinski definition) is 6. The zero-order chi connectivity index (χ0) is 15.1. The maximum Gasteiger partial charge on any atom is 0.226 e. The van der Waals surface area contributed by atoms with Crippen molar-refractivity contribution < 1.29 is 9.59 Å². The molecule has 1 aromatic heterocycles. The second-order valence-electron chi connectivity index (χ2n) is 4.91. The van der Waals surface area contributed by atoms with Crippen molar-refractivity contribution in [3.8, 4) is 0 Å². The highest BCUT2D eigenvalue weighted by atomic mass is 33.1. The molecule has 0 bridgehead atoms. The summed E-state index contributed by atoms with van der Waals surface area (Å²) < 4.78 is 0. The van der Waals surface area contributed by atoms with Gasteiger partial charge in [0.25, 0.3) is 0 Å². The van der Waals surface area contributed by atoms with Crippen LogP contribution >= 0.6 is 32.9 Å². The standard InChI is InChI=1S/C13H19N3O2S3/c14-11(17)7-9-8-19-13(15-9)16-12(18)4-2-1-3-10-5-6-20-21-10/h8,10H,1-7H2,(H2,14,17)(H,15,16,18). The minimum atomic E-state index is -0.416. The van der Waals surface area contributed by atoms with Crippen molar-refractivity contribution in [2.24, 2.45) is 5.73 Å². The van der Waals surface area contributed by atoms with E-state index in [1.54, 1.807) is 5.38 Å². The summed E-state index contributed by atoms with van der Waals surface area (Å²) >= 11 is 1.32. The molecule has 0 saturated carbocycles. The van der Waals surface area contributed by atoms with E-state index in [2.05, 4.69) is 10.3 Å². The molecule has 0 aromatic carbocycles. The topological polar surface area (TPSA) is 85.1 Å². The maximum absolute atomic E-state index is 11.8. The molecule has 1 fully saturated rings. The summed E-state index contributed by atoms with van der Waals surface area (Å²) in [6.45, 7) is 0. The molecule has 3 N–H and O–H groups in total. The van der Waals surface area contributed by atoms with Gasteiger partial charge in [-0.3, -0.25) is 9.59 Å². The maximum atomic E-state index is 11.8. The summed E-state index contributed by atoms with van der Waals surface area (Å²) in [6.07, 6.45) is 5.14. The number of amides is 2. The van der Waals surface area contributed by atoms with Gasteiger partial charge in [0.15, 0.2) is 5.13 Å². The molecule has 1 saturated heterocycles. The Morgan fingerprint density at radius 1 is 1.43 bits per heavy atom. The zero-order valence-corrected chi connectivity index (χ0v) is 14.1. The minimum absolute atomic E-state index is 0.0107. The average molecular weight is 346 g/mol. The molecule has 0 spiro atoms. The summed E-state index contributed by atoms with van der Waals surface area (Å²) in [6, 6.07) is 0. The van der Waals surface area contributed by atoms with Gasteiger partial charge in [-0.25, -0.2) is 4.98 Å². The van der Waals surface area contributed by atoms with Crippen LogP contribution in [0.4, 0.5) is 5.13 Å². The Morgan fingerprint density at radius 2 is 2.29 bits per heavy atom. The van der Waals surface area contributed by atoms with Crippen LogP contribution in [-0.4, -0.2) is 27.8 Å². The number of unbranched alkanes of at least 4 members (excludes halogenated alkanes) is 1. The van der Waals surface area contributed by atoms with Crippen molar-refractivity contribution in [2.45, 2.75) is 43.8 Å². The van der Waals surface area contributed by atoms with Crippen LogP contribution in [0, 0.1) is 0 Å². The van der Waals surface area contributed by atoms with E-state index < -0.39 is 5.91 Å². The Hall–Kier alpha value is -0.730. The number of primary amides is 1. The third kappa shape index (κ3) is 6.27. The number of nitrogens with one attached hydrogen (secondary N) is 1. The summed E-state index contributed by atoms with van der Waals surface area (Å²) in [5.41, 5.74) is 5.71. The van der Waals surface area contributed by atoms with Gasteiger partial charge in [-0.2, -0.15) is 0 Å². The SMILES string of the molecule is NC(=O)Cc1csc(NC(=O)CCCCC2CCSS2)n1. The number of anilines is 1.